The fraction of sp³-hybridized carbons (Fsp3) is 0.800. The molecule has 3 nitrogen and oxygen atoms in total. The molecule has 1 aromatic rings. The third-order valence-electron chi connectivity index (χ3n) is 4.79. The van der Waals surface area contributed by atoms with Crippen LogP contribution in [0.2, 0.25) is 0 Å². The van der Waals surface area contributed by atoms with Crippen molar-refractivity contribution >= 4 is 0 Å². The average Bonchev–Trinajstić information content (AvgIpc) is 2.75. The Kier molecular flexibility index (Phi) is 3.35. The molecule has 1 spiro atoms. The van der Waals surface area contributed by atoms with Gasteiger partial charge in [-0.05, 0) is 18.8 Å². The van der Waals surface area contributed by atoms with E-state index in [2.05, 4.69) is 30.5 Å². The summed E-state index contributed by atoms with van der Waals surface area (Å²) in [7, 11) is 0. The van der Waals surface area contributed by atoms with Crippen LogP contribution in [0.4, 0.5) is 8.78 Å². The Labute approximate surface area is 118 Å². The number of aromatic nitrogens is 2. The molecule has 0 unspecified atom stereocenters. The van der Waals surface area contributed by atoms with Crippen molar-refractivity contribution in [3.8, 4) is 0 Å². The normalized spacial score (nSPS) is 27.8. The van der Waals surface area contributed by atoms with Crippen molar-refractivity contribution < 1.29 is 8.78 Å². The van der Waals surface area contributed by atoms with E-state index >= 15 is 0 Å². The van der Waals surface area contributed by atoms with Gasteiger partial charge in [0.15, 0.2) is 0 Å². The van der Waals surface area contributed by atoms with Crippen molar-refractivity contribution in [1.29, 1.82) is 0 Å². The summed E-state index contributed by atoms with van der Waals surface area (Å²) in [6.45, 7) is 6.09. The minimum Gasteiger partial charge on any atom is -0.309 e. The lowest BCUT2D eigenvalue weighted by atomic mass is 9.62. The Morgan fingerprint density at radius 2 is 2.05 bits per heavy atom. The van der Waals surface area contributed by atoms with Gasteiger partial charge in [0.2, 0.25) is 5.92 Å². The minimum absolute atomic E-state index is 0.0330. The summed E-state index contributed by atoms with van der Waals surface area (Å²) < 4.78 is 28.7. The highest BCUT2D eigenvalue weighted by atomic mass is 19.3. The molecule has 0 radical (unpaired) electrons. The summed E-state index contributed by atoms with van der Waals surface area (Å²) in [6, 6.07) is 0.208. The summed E-state index contributed by atoms with van der Waals surface area (Å²) in [5, 5.41) is 7.81. The van der Waals surface area contributed by atoms with E-state index in [1.807, 2.05) is 10.9 Å². The fourth-order valence-electron chi connectivity index (χ4n) is 3.55. The maximum absolute atomic E-state index is 13.3. The highest BCUT2D eigenvalue weighted by Gasteiger charge is 2.52. The number of nitrogens with zero attached hydrogens (tertiary/aromatic N) is 2. The van der Waals surface area contributed by atoms with E-state index < -0.39 is 5.92 Å². The lowest BCUT2D eigenvalue weighted by molar-refractivity contribution is -0.0955. The summed E-state index contributed by atoms with van der Waals surface area (Å²) >= 11 is 0. The maximum Gasteiger partial charge on any atom is 0.248 e. The number of hydrogen-bond acceptors (Lipinski definition) is 2. The Bertz CT molecular complexity index is 471. The molecule has 0 bridgehead atoms. The molecule has 1 saturated heterocycles. The Morgan fingerprint density at radius 1 is 1.35 bits per heavy atom. The van der Waals surface area contributed by atoms with Gasteiger partial charge in [0.05, 0.1) is 6.20 Å². The van der Waals surface area contributed by atoms with Gasteiger partial charge in [-0.2, -0.15) is 5.10 Å². The van der Waals surface area contributed by atoms with E-state index in [-0.39, 0.29) is 24.3 Å². The van der Waals surface area contributed by atoms with Gasteiger partial charge < -0.3 is 5.32 Å². The first-order valence-electron chi connectivity index (χ1n) is 7.54. The molecule has 3 rings (SSSR count). The molecular weight excluding hydrogens is 260 g/mol. The van der Waals surface area contributed by atoms with Crippen LogP contribution in [0.1, 0.15) is 51.1 Å². The molecular formula is C15H23F2N3. The van der Waals surface area contributed by atoms with Gasteiger partial charge in [-0.1, -0.05) is 13.8 Å². The van der Waals surface area contributed by atoms with Gasteiger partial charge in [0.1, 0.15) is 0 Å². The van der Waals surface area contributed by atoms with E-state index in [4.69, 9.17) is 0 Å². The molecule has 0 amide bonds. The standard InChI is InChI=1S/C15H23F2N3/c1-11(2)8-20-9-12(7-19-20)13-14(10-18-13)3-5-15(16,17)6-4-14/h7,9,11,13,18H,3-6,8,10H2,1-2H3/t13-/m0/s1. The van der Waals surface area contributed by atoms with Gasteiger partial charge in [0, 0.05) is 49.1 Å². The van der Waals surface area contributed by atoms with E-state index in [0.29, 0.717) is 18.8 Å². The highest BCUT2D eigenvalue weighted by Crippen LogP contribution is 2.54. The number of nitrogens with one attached hydrogen (secondary N) is 1. The van der Waals surface area contributed by atoms with Gasteiger partial charge >= 0.3 is 0 Å². The topological polar surface area (TPSA) is 29.9 Å². The summed E-state index contributed by atoms with van der Waals surface area (Å²) in [6.07, 6.45) is 5.27. The van der Waals surface area contributed by atoms with Crippen LogP contribution in [0, 0.1) is 11.3 Å². The molecule has 2 aliphatic rings. The van der Waals surface area contributed by atoms with Crippen LogP contribution in [-0.4, -0.2) is 22.2 Å². The van der Waals surface area contributed by atoms with Crippen LogP contribution in [0.3, 0.4) is 0 Å². The van der Waals surface area contributed by atoms with Crippen molar-refractivity contribution in [1.82, 2.24) is 15.1 Å². The van der Waals surface area contributed by atoms with Crippen LogP contribution >= 0.6 is 0 Å². The molecule has 20 heavy (non-hydrogen) atoms. The van der Waals surface area contributed by atoms with Crippen LogP contribution in [-0.2, 0) is 6.54 Å². The van der Waals surface area contributed by atoms with Crippen molar-refractivity contribution in [2.75, 3.05) is 6.54 Å². The van der Waals surface area contributed by atoms with Crippen molar-refractivity contribution in [2.45, 2.75) is 58.0 Å². The quantitative estimate of drug-likeness (QED) is 0.921. The number of rotatable bonds is 3. The van der Waals surface area contributed by atoms with Gasteiger partial charge in [-0.25, -0.2) is 8.78 Å². The Hall–Kier alpha value is -0.970. The van der Waals surface area contributed by atoms with Crippen LogP contribution in [0.15, 0.2) is 12.4 Å². The molecule has 5 heteroatoms. The molecule has 1 saturated carbocycles. The molecule has 1 aromatic heterocycles. The fourth-order valence-corrected chi connectivity index (χ4v) is 3.55. The SMILES string of the molecule is CC(C)Cn1cc([C@@H]2NCC23CCC(F)(F)CC3)cn1. The highest BCUT2D eigenvalue weighted by molar-refractivity contribution is 5.21. The molecule has 112 valence electrons. The molecule has 1 N–H and O–H groups in total. The van der Waals surface area contributed by atoms with Crippen molar-refractivity contribution in [2.24, 2.45) is 11.3 Å². The molecule has 1 atom stereocenters. The maximum atomic E-state index is 13.3. The van der Waals surface area contributed by atoms with E-state index in [1.54, 1.807) is 0 Å². The second kappa shape index (κ2) is 4.79. The number of hydrogen-bond donors (Lipinski definition) is 1. The predicted octanol–water partition coefficient (Wildman–Crippen LogP) is 3.38. The molecule has 2 fully saturated rings. The summed E-state index contributed by atoms with van der Waals surface area (Å²) in [5.41, 5.74) is 1.19. The summed E-state index contributed by atoms with van der Waals surface area (Å²) in [4.78, 5) is 0. The van der Waals surface area contributed by atoms with Crippen LogP contribution in [0.5, 0.6) is 0 Å². The van der Waals surface area contributed by atoms with E-state index in [9.17, 15) is 8.78 Å². The lowest BCUT2D eigenvalue weighted by Gasteiger charge is -2.53. The molecule has 2 heterocycles. The lowest BCUT2D eigenvalue weighted by Crippen LogP contribution is -2.58. The van der Waals surface area contributed by atoms with E-state index in [0.717, 1.165) is 18.7 Å². The Balaban J connectivity index is 1.70. The van der Waals surface area contributed by atoms with Gasteiger partial charge in [-0.15, -0.1) is 0 Å². The molecule has 0 aromatic carbocycles. The zero-order chi connectivity index (χ0) is 14.4. The zero-order valence-corrected chi connectivity index (χ0v) is 12.2. The van der Waals surface area contributed by atoms with Crippen molar-refractivity contribution in [3.05, 3.63) is 18.0 Å². The number of alkyl halides is 2. The third-order valence-corrected chi connectivity index (χ3v) is 4.79. The second-order valence-electron chi connectivity index (χ2n) is 6.92. The first kappa shape index (κ1) is 14.0. The molecule has 1 aliphatic carbocycles. The minimum atomic E-state index is -2.45. The van der Waals surface area contributed by atoms with Crippen LogP contribution in [0.25, 0.3) is 0 Å². The first-order valence-corrected chi connectivity index (χ1v) is 7.54. The van der Waals surface area contributed by atoms with Gasteiger partial charge in [-0.3, -0.25) is 4.68 Å². The third kappa shape index (κ3) is 2.48. The first-order chi connectivity index (χ1) is 9.40. The number of halogens is 2. The van der Waals surface area contributed by atoms with Crippen LogP contribution < -0.4 is 5.32 Å². The molecule has 1 aliphatic heterocycles. The average molecular weight is 283 g/mol. The second-order valence-corrected chi connectivity index (χ2v) is 6.92. The van der Waals surface area contributed by atoms with E-state index in [1.165, 1.54) is 0 Å². The van der Waals surface area contributed by atoms with Crippen molar-refractivity contribution in [3.63, 3.8) is 0 Å². The monoisotopic (exact) mass is 283 g/mol. The largest absolute Gasteiger partial charge is 0.309 e. The predicted molar refractivity (Wildman–Crippen MR) is 73.7 cm³/mol. The van der Waals surface area contributed by atoms with Gasteiger partial charge in [0.25, 0.3) is 0 Å². The Morgan fingerprint density at radius 3 is 2.60 bits per heavy atom. The smallest absolute Gasteiger partial charge is 0.248 e. The summed E-state index contributed by atoms with van der Waals surface area (Å²) in [5.74, 6) is -1.90. The zero-order valence-electron chi connectivity index (χ0n) is 12.2.